The van der Waals surface area contributed by atoms with Crippen LogP contribution < -0.4 is 4.74 Å². The van der Waals surface area contributed by atoms with Crippen molar-refractivity contribution in [3.05, 3.63) is 29.6 Å². The number of alkyl halides is 3. The van der Waals surface area contributed by atoms with Gasteiger partial charge in [-0.15, -0.1) is 0 Å². The Hall–Kier alpha value is -0.710. The predicted molar refractivity (Wildman–Crippen MR) is 45.7 cm³/mol. The number of ether oxygens (including phenoxy) is 1. The first-order chi connectivity index (χ1) is 6.13. The van der Waals surface area contributed by atoms with Crippen LogP contribution in [-0.4, -0.2) is 6.61 Å². The van der Waals surface area contributed by atoms with Gasteiger partial charge in [0.1, 0.15) is 0 Å². The molecular formula is C8H6BrF3O. The lowest BCUT2D eigenvalue weighted by atomic mass is 10.2. The van der Waals surface area contributed by atoms with Crippen LogP contribution in [0.25, 0.3) is 0 Å². The molecule has 0 amide bonds. The van der Waals surface area contributed by atoms with Crippen LogP contribution in [0.15, 0.2) is 18.2 Å². The quantitative estimate of drug-likeness (QED) is 0.753. The lowest BCUT2D eigenvalue weighted by Gasteiger charge is -2.06. The average Bonchev–Trinajstić information content (AvgIpc) is 2.08. The molecule has 0 bridgehead atoms. The summed E-state index contributed by atoms with van der Waals surface area (Å²) in [5.74, 6) is -1.21. The SMILES string of the molecule is Fc1ccc(CBr)cc1OC(F)F. The van der Waals surface area contributed by atoms with Crippen molar-refractivity contribution in [1.29, 1.82) is 0 Å². The van der Waals surface area contributed by atoms with E-state index >= 15 is 0 Å². The fourth-order valence-corrected chi connectivity index (χ4v) is 1.17. The van der Waals surface area contributed by atoms with Crippen LogP contribution in [0.1, 0.15) is 5.56 Å². The number of hydrogen-bond acceptors (Lipinski definition) is 1. The van der Waals surface area contributed by atoms with Gasteiger partial charge in [0.2, 0.25) is 0 Å². The van der Waals surface area contributed by atoms with E-state index < -0.39 is 18.2 Å². The Bertz CT molecular complexity index is 291. The summed E-state index contributed by atoms with van der Waals surface area (Å²) in [5.41, 5.74) is 0.678. The Morgan fingerprint density at radius 3 is 2.62 bits per heavy atom. The fraction of sp³-hybridized carbons (Fsp3) is 0.250. The van der Waals surface area contributed by atoms with Crippen LogP contribution in [-0.2, 0) is 5.33 Å². The first-order valence-corrected chi connectivity index (χ1v) is 4.55. The summed E-state index contributed by atoms with van der Waals surface area (Å²) < 4.78 is 40.2. The minimum absolute atomic E-state index is 0.424. The second-order valence-corrected chi connectivity index (χ2v) is 2.84. The summed E-state index contributed by atoms with van der Waals surface area (Å²) in [4.78, 5) is 0. The first-order valence-electron chi connectivity index (χ1n) is 3.42. The largest absolute Gasteiger partial charge is 0.432 e. The zero-order valence-electron chi connectivity index (χ0n) is 6.44. The van der Waals surface area contributed by atoms with Gasteiger partial charge in [0, 0.05) is 5.33 Å². The molecule has 0 fully saturated rings. The monoisotopic (exact) mass is 254 g/mol. The molecular weight excluding hydrogens is 249 g/mol. The van der Waals surface area contributed by atoms with Gasteiger partial charge in [-0.2, -0.15) is 8.78 Å². The Morgan fingerprint density at radius 2 is 2.08 bits per heavy atom. The molecule has 0 N–H and O–H groups in total. The summed E-state index contributed by atoms with van der Waals surface area (Å²) in [5, 5.41) is 0.465. The van der Waals surface area contributed by atoms with Crippen LogP contribution in [0.5, 0.6) is 5.75 Å². The first kappa shape index (κ1) is 10.4. The zero-order valence-corrected chi connectivity index (χ0v) is 8.02. The van der Waals surface area contributed by atoms with Gasteiger partial charge >= 0.3 is 6.61 Å². The Labute approximate surface area is 81.6 Å². The Morgan fingerprint density at radius 1 is 1.38 bits per heavy atom. The molecule has 0 radical (unpaired) electrons. The molecule has 1 rings (SSSR count). The third kappa shape index (κ3) is 2.91. The van der Waals surface area contributed by atoms with E-state index in [9.17, 15) is 13.2 Å². The summed E-state index contributed by atoms with van der Waals surface area (Å²) in [6.45, 7) is -3.00. The molecule has 0 aliphatic carbocycles. The van der Waals surface area contributed by atoms with Crippen molar-refractivity contribution in [3.8, 4) is 5.75 Å². The molecule has 0 aliphatic rings. The second kappa shape index (κ2) is 4.50. The molecule has 0 saturated heterocycles. The molecule has 0 saturated carbocycles. The van der Waals surface area contributed by atoms with Crippen molar-refractivity contribution in [3.63, 3.8) is 0 Å². The number of halogens is 4. The normalized spacial score (nSPS) is 10.5. The molecule has 0 heterocycles. The maximum atomic E-state index is 12.8. The van der Waals surface area contributed by atoms with E-state index in [1.807, 2.05) is 0 Å². The van der Waals surface area contributed by atoms with Crippen molar-refractivity contribution in [2.45, 2.75) is 11.9 Å². The minimum atomic E-state index is -3.00. The van der Waals surface area contributed by atoms with Crippen molar-refractivity contribution in [1.82, 2.24) is 0 Å². The molecule has 5 heteroatoms. The van der Waals surface area contributed by atoms with E-state index in [-0.39, 0.29) is 0 Å². The molecule has 72 valence electrons. The highest BCUT2D eigenvalue weighted by Gasteiger charge is 2.09. The van der Waals surface area contributed by atoms with Crippen LogP contribution in [0.3, 0.4) is 0 Å². The fourth-order valence-electron chi connectivity index (χ4n) is 0.817. The summed E-state index contributed by atoms with van der Waals surface area (Å²) in [6.07, 6.45) is 0. The predicted octanol–water partition coefficient (Wildman–Crippen LogP) is 3.32. The van der Waals surface area contributed by atoms with E-state index in [4.69, 9.17) is 0 Å². The third-order valence-electron chi connectivity index (χ3n) is 1.37. The average molecular weight is 255 g/mol. The van der Waals surface area contributed by atoms with E-state index in [1.165, 1.54) is 12.1 Å². The summed E-state index contributed by atoms with van der Waals surface area (Å²) in [7, 11) is 0. The molecule has 1 aromatic rings. The van der Waals surface area contributed by atoms with E-state index in [0.717, 1.165) is 6.07 Å². The topological polar surface area (TPSA) is 9.23 Å². The maximum absolute atomic E-state index is 12.8. The molecule has 0 aromatic heterocycles. The van der Waals surface area contributed by atoms with Crippen molar-refractivity contribution >= 4 is 15.9 Å². The lowest BCUT2D eigenvalue weighted by Crippen LogP contribution is -2.03. The van der Waals surface area contributed by atoms with Gasteiger partial charge in [0.05, 0.1) is 0 Å². The summed E-state index contributed by atoms with van der Waals surface area (Å²) in [6, 6.07) is 3.81. The van der Waals surface area contributed by atoms with E-state index in [0.29, 0.717) is 10.9 Å². The van der Waals surface area contributed by atoms with Crippen LogP contribution in [0.4, 0.5) is 13.2 Å². The maximum Gasteiger partial charge on any atom is 0.387 e. The highest BCUT2D eigenvalue weighted by molar-refractivity contribution is 9.08. The molecule has 0 atom stereocenters. The number of hydrogen-bond donors (Lipinski definition) is 0. The van der Waals surface area contributed by atoms with Gasteiger partial charge < -0.3 is 4.74 Å². The Balaban J connectivity index is 2.90. The van der Waals surface area contributed by atoms with Gasteiger partial charge in [-0.25, -0.2) is 4.39 Å². The molecule has 0 aliphatic heterocycles. The van der Waals surface area contributed by atoms with Gasteiger partial charge in [-0.05, 0) is 17.7 Å². The van der Waals surface area contributed by atoms with Crippen LogP contribution in [0.2, 0.25) is 0 Å². The van der Waals surface area contributed by atoms with Gasteiger partial charge in [-0.1, -0.05) is 22.0 Å². The smallest absolute Gasteiger partial charge is 0.387 e. The highest BCUT2D eigenvalue weighted by atomic mass is 79.9. The summed E-state index contributed by atoms with van der Waals surface area (Å²) >= 11 is 3.12. The number of benzene rings is 1. The highest BCUT2D eigenvalue weighted by Crippen LogP contribution is 2.21. The van der Waals surface area contributed by atoms with Gasteiger partial charge in [-0.3, -0.25) is 0 Å². The van der Waals surface area contributed by atoms with E-state index in [2.05, 4.69) is 20.7 Å². The van der Waals surface area contributed by atoms with Crippen LogP contribution in [0, 0.1) is 5.82 Å². The van der Waals surface area contributed by atoms with Crippen molar-refractivity contribution < 1.29 is 17.9 Å². The molecule has 0 spiro atoms. The number of rotatable bonds is 3. The van der Waals surface area contributed by atoms with Crippen LogP contribution >= 0.6 is 15.9 Å². The molecule has 1 nitrogen and oxygen atoms in total. The minimum Gasteiger partial charge on any atom is -0.432 e. The van der Waals surface area contributed by atoms with Crippen molar-refractivity contribution in [2.24, 2.45) is 0 Å². The zero-order chi connectivity index (χ0) is 9.84. The molecule has 13 heavy (non-hydrogen) atoms. The molecule has 1 aromatic carbocycles. The van der Waals surface area contributed by atoms with Gasteiger partial charge in [0.15, 0.2) is 11.6 Å². The van der Waals surface area contributed by atoms with E-state index in [1.54, 1.807) is 0 Å². The lowest BCUT2D eigenvalue weighted by molar-refractivity contribution is -0.0522. The van der Waals surface area contributed by atoms with Crippen molar-refractivity contribution in [2.75, 3.05) is 0 Å². The Kier molecular flexibility index (Phi) is 3.59. The second-order valence-electron chi connectivity index (χ2n) is 2.28. The molecule has 0 unspecified atom stereocenters. The standard InChI is InChI=1S/C8H6BrF3O/c9-4-5-1-2-6(10)7(3-5)13-8(11)12/h1-3,8H,4H2. The van der Waals surface area contributed by atoms with Gasteiger partial charge in [0.25, 0.3) is 0 Å². The third-order valence-corrected chi connectivity index (χ3v) is 2.01.